The SMILES string of the molecule is Cc1cc2c(C)cc(=O)oc2c2c1OC(C)(C)[C@H](OC(=O)C13CCC(C)(C(=O)O1)C3(C)C)[C@@H]2OC(=O)C12CCC(C)(C(=O)O1)C2(C)C. The molecule has 4 heterocycles. The Morgan fingerprint density at radius 3 is 1.68 bits per heavy atom. The smallest absolute Gasteiger partial charge is 0.351 e. The van der Waals surface area contributed by atoms with Crippen molar-refractivity contribution in [1.82, 2.24) is 0 Å². The van der Waals surface area contributed by atoms with Crippen LogP contribution in [0, 0.1) is 35.5 Å². The average Bonchev–Trinajstić information content (AvgIpc) is 3.43. The number of benzene rings is 1. The second-order valence-corrected chi connectivity index (χ2v) is 16.3. The first-order chi connectivity index (χ1) is 21.6. The van der Waals surface area contributed by atoms with E-state index >= 15 is 0 Å². The van der Waals surface area contributed by atoms with Crippen LogP contribution in [0.15, 0.2) is 21.3 Å². The Hall–Kier alpha value is -3.89. The van der Waals surface area contributed by atoms with Crippen molar-refractivity contribution < 1.29 is 47.3 Å². The molecule has 7 rings (SSSR count). The fraction of sp³-hybridized carbons (Fsp3) is 0.639. The third-order valence-corrected chi connectivity index (χ3v) is 13.3. The molecule has 6 atom stereocenters. The lowest BCUT2D eigenvalue weighted by molar-refractivity contribution is -0.217. The van der Waals surface area contributed by atoms with Crippen LogP contribution in [0.2, 0.25) is 0 Å². The van der Waals surface area contributed by atoms with Crippen molar-refractivity contribution in [3.63, 3.8) is 0 Å². The number of ether oxygens (including phenoxy) is 5. The Bertz CT molecular complexity index is 1880. The molecule has 2 aromatic rings. The molecule has 0 radical (unpaired) electrons. The molecular formula is C36H42O11. The van der Waals surface area contributed by atoms with Gasteiger partial charge in [0.25, 0.3) is 0 Å². The third kappa shape index (κ3) is 3.50. The maximum absolute atomic E-state index is 14.5. The van der Waals surface area contributed by atoms with Crippen molar-refractivity contribution in [2.45, 2.75) is 124 Å². The lowest BCUT2D eigenvalue weighted by Crippen LogP contribution is -2.58. The van der Waals surface area contributed by atoms with Gasteiger partial charge in [-0.15, -0.1) is 0 Å². The molecule has 1 aromatic carbocycles. The Kier molecular flexibility index (Phi) is 6.04. The van der Waals surface area contributed by atoms with Crippen LogP contribution in [0.1, 0.15) is 104 Å². The fourth-order valence-electron chi connectivity index (χ4n) is 8.98. The van der Waals surface area contributed by atoms with E-state index in [1.807, 2.05) is 40.7 Å². The topological polar surface area (TPSA) is 145 Å². The first-order valence-corrected chi connectivity index (χ1v) is 16.3. The summed E-state index contributed by atoms with van der Waals surface area (Å²) in [4.78, 5) is 67.8. The van der Waals surface area contributed by atoms with Gasteiger partial charge in [0.05, 0.1) is 16.4 Å². The molecule has 2 saturated carbocycles. The molecule has 252 valence electrons. The van der Waals surface area contributed by atoms with Crippen LogP contribution >= 0.6 is 0 Å². The second kappa shape index (κ2) is 8.96. The number of hydrogen-bond donors (Lipinski definition) is 0. The predicted octanol–water partition coefficient (Wildman–Crippen LogP) is 5.32. The van der Waals surface area contributed by atoms with Crippen LogP contribution in [0.25, 0.3) is 11.0 Å². The van der Waals surface area contributed by atoms with E-state index in [4.69, 9.17) is 28.1 Å². The molecule has 11 heteroatoms. The highest BCUT2D eigenvalue weighted by Crippen LogP contribution is 2.67. The number of hydrogen-bond acceptors (Lipinski definition) is 11. The maximum atomic E-state index is 14.5. The summed E-state index contributed by atoms with van der Waals surface area (Å²) in [5.41, 5.74) is -7.04. The average molecular weight is 651 g/mol. The van der Waals surface area contributed by atoms with Crippen LogP contribution in [0.3, 0.4) is 0 Å². The number of esters is 4. The number of aryl methyl sites for hydroxylation is 2. The standard InChI is InChI=1S/C36H42O11/c1-17-16-20(37)42-23-19(17)15-18(2)22-21(23)24(43-28(40)35-13-11-33(9,26(38)46-35)31(35,5)6)25(30(3,4)45-22)44-29(41)36-14-12-34(10,27(39)47-36)32(36,7)8/h15-16,24-25H,11-14H2,1-10H3/t24-,25-,33?,34?,35?,36?/m1/s1. The van der Waals surface area contributed by atoms with Gasteiger partial charge >= 0.3 is 29.5 Å². The number of carbonyl (C=O) groups is 4. The number of carbonyl (C=O) groups excluding carboxylic acids is 4. The van der Waals surface area contributed by atoms with Crippen molar-refractivity contribution in [2.75, 3.05) is 0 Å². The Balaban J connectivity index is 1.39. The molecule has 2 saturated heterocycles. The zero-order valence-corrected chi connectivity index (χ0v) is 28.6. The predicted molar refractivity (Wildman–Crippen MR) is 165 cm³/mol. The summed E-state index contributed by atoms with van der Waals surface area (Å²) in [6.07, 6.45) is -1.28. The van der Waals surface area contributed by atoms with Crippen LogP contribution in [-0.4, -0.2) is 46.8 Å². The molecule has 5 aliphatic rings. The molecule has 47 heavy (non-hydrogen) atoms. The van der Waals surface area contributed by atoms with Crippen LogP contribution in [0.5, 0.6) is 5.75 Å². The number of rotatable bonds is 4. The summed E-state index contributed by atoms with van der Waals surface area (Å²) in [6.45, 7) is 17.9. The van der Waals surface area contributed by atoms with E-state index in [0.29, 0.717) is 35.1 Å². The Morgan fingerprint density at radius 2 is 1.21 bits per heavy atom. The summed E-state index contributed by atoms with van der Waals surface area (Å²) in [5, 5.41) is 0.588. The molecule has 4 bridgehead atoms. The van der Waals surface area contributed by atoms with Crippen molar-refractivity contribution >= 4 is 34.8 Å². The van der Waals surface area contributed by atoms with Crippen molar-refractivity contribution in [1.29, 1.82) is 0 Å². The van der Waals surface area contributed by atoms with Gasteiger partial charge in [-0.05, 0) is 84.4 Å². The van der Waals surface area contributed by atoms with Gasteiger partial charge in [0, 0.05) is 22.3 Å². The van der Waals surface area contributed by atoms with Gasteiger partial charge in [0.2, 0.25) is 11.2 Å². The van der Waals surface area contributed by atoms with Gasteiger partial charge in [-0.25, -0.2) is 14.4 Å². The van der Waals surface area contributed by atoms with E-state index < -0.39 is 80.2 Å². The lowest BCUT2D eigenvalue weighted by Gasteiger charge is -2.46. The maximum Gasteiger partial charge on any atom is 0.351 e. The molecular weight excluding hydrogens is 608 g/mol. The second-order valence-electron chi connectivity index (χ2n) is 16.3. The van der Waals surface area contributed by atoms with Crippen molar-refractivity contribution in [3.8, 4) is 5.75 Å². The first kappa shape index (κ1) is 31.7. The van der Waals surface area contributed by atoms with E-state index in [9.17, 15) is 24.0 Å². The summed E-state index contributed by atoms with van der Waals surface area (Å²) in [7, 11) is 0. The molecule has 2 aliphatic carbocycles. The molecule has 0 N–H and O–H groups in total. The Labute approximate surface area is 272 Å². The van der Waals surface area contributed by atoms with Crippen molar-refractivity contribution in [2.24, 2.45) is 21.7 Å². The minimum atomic E-state index is -1.60. The van der Waals surface area contributed by atoms with E-state index in [-0.39, 0.29) is 24.0 Å². The minimum absolute atomic E-state index is 0.126. The quantitative estimate of drug-likeness (QED) is 0.241. The van der Waals surface area contributed by atoms with E-state index in [2.05, 4.69) is 0 Å². The largest absolute Gasteiger partial charge is 0.483 e. The highest BCUT2D eigenvalue weighted by Gasteiger charge is 2.78. The van der Waals surface area contributed by atoms with E-state index in [1.54, 1.807) is 34.6 Å². The Morgan fingerprint density at radius 1 is 0.702 bits per heavy atom. The van der Waals surface area contributed by atoms with Gasteiger partial charge in [0.1, 0.15) is 16.9 Å². The van der Waals surface area contributed by atoms with Gasteiger partial charge in [-0.3, -0.25) is 9.59 Å². The van der Waals surface area contributed by atoms with Crippen LogP contribution < -0.4 is 10.4 Å². The van der Waals surface area contributed by atoms with Crippen LogP contribution in [0.4, 0.5) is 0 Å². The summed E-state index contributed by atoms with van der Waals surface area (Å²) < 4.78 is 36.8. The van der Waals surface area contributed by atoms with Gasteiger partial charge in [-0.1, -0.05) is 27.7 Å². The number of fused-ring (bicyclic) bond motifs is 7. The van der Waals surface area contributed by atoms with Crippen LogP contribution in [-0.2, 0) is 38.1 Å². The van der Waals surface area contributed by atoms with Gasteiger partial charge < -0.3 is 28.1 Å². The fourth-order valence-corrected chi connectivity index (χ4v) is 8.98. The molecule has 0 spiro atoms. The molecule has 3 aliphatic heterocycles. The van der Waals surface area contributed by atoms with Gasteiger partial charge in [-0.2, -0.15) is 0 Å². The molecule has 0 amide bonds. The zero-order chi connectivity index (χ0) is 34.5. The molecule has 11 nitrogen and oxygen atoms in total. The third-order valence-electron chi connectivity index (χ3n) is 13.3. The summed E-state index contributed by atoms with van der Waals surface area (Å²) in [6, 6.07) is 3.20. The monoisotopic (exact) mass is 650 g/mol. The lowest BCUT2D eigenvalue weighted by atomic mass is 9.66. The summed E-state index contributed by atoms with van der Waals surface area (Å²) in [5.74, 6) is -2.20. The molecule has 1 aromatic heterocycles. The highest BCUT2D eigenvalue weighted by molar-refractivity contribution is 5.95. The first-order valence-electron chi connectivity index (χ1n) is 16.3. The highest BCUT2D eigenvalue weighted by atomic mass is 16.7. The minimum Gasteiger partial charge on any atom is -0.483 e. The van der Waals surface area contributed by atoms with Crippen molar-refractivity contribution in [3.05, 3.63) is 39.2 Å². The van der Waals surface area contributed by atoms with E-state index in [1.165, 1.54) is 6.07 Å². The molecule has 4 fully saturated rings. The van der Waals surface area contributed by atoms with Gasteiger partial charge in [0.15, 0.2) is 12.2 Å². The zero-order valence-electron chi connectivity index (χ0n) is 28.6. The van der Waals surface area contributed by atoms with E-state index in [0.717, 1.165) is 0 Å². The summed E-state index contributed by atoms with van der Waals surface area (Å²) >= 11 is 0. The molecule has 4 unspecified atom stereocenters. The normalized spacial score (nSPS) is 36.8.